The molecule has 0 spiro atoms. The fourth-order valence-corrected chi connectivity index (χ4v) is 3.21. The van der Waals surface area contributed by atoms with E-state index < -0.39 is 0 Å². The summed E-state index contributed by atoms with van der Waals surface area (Å²) < 4.78 is 2.42. The molecule has 0 bridgehead atoms. The van der Waals surface area contributed by atoms with Gasteiger partial charge < -0.3 is 9.88 Å². The molecule has 1 aromatic carbocycles. The molecular formula is C18H25N3. The highest BCUT2D eigenvalue weighted by atomic mass is 15.1. The Balaban J connectivity index is 2.16. The summed E-state index contributed by atoms with van der Waals surface area (Å²) >= 11 is 0. The molecule has 0 fully saturated rings. The van der Waals surface area contributed by atoms with Crippen molar-refractivity contribution in [2.75, 3.05) is 6.54 Å². The highest BCUT2D eigenvalue weighted by Crippen LogP contribution is 2.25. The lowest BCUT2D eigenvalue weighted by atomic mass is 10.1. The van der Waals surface area contributed by atoms with Gasteiger partial charge in [0.1, 0.15) is 5.82 Å². The molecule has 0 saturated carbocycles. The SMILES string of the molecule is Cc1ccc(-n2c(CC(C)C)nc3c2CCNC3)c(C)c1. The van der Waals surface area contributed by atoms with E-state index in [0.717, 1.165) is 25.9 Å². The summed E-state index contributed by atoms with van der Waals surface area (Å²) in [5.41, 5.74) is 6.58. The lowest BCUT2D eigenvalue weighted by molar-refractivity contribution is 0.608. The summed E-state index contributed by atoms with van der Waals surface area (Å²) in [5, 5.41) is 3.43. The van der Waals surface area contributed by atoms with Gasteiger partial charge in [0.15, 0.2) is 0 Å². The van der Waals surface area contributed by atoms with Crippen molar-refractivity contribution in [1.82, 2.24) is 14.9 Å². The van der Waals surface area contributed by atoms with Gasteiger partial charge in [-0.15, -0.1) is 0 Å². The number of hydrogen-bond acceptors (Lipinski definition) is 2. The van der Waals surface area contributed by atoms with E-state index in [1.54, 1.807) is 0 Å². The van der Waals surface area contributed by atoms with Crippen molar-refractivity contribution >= 4 is 0 Å². The Labute approximate surface area is 127 Å². The number of nitrogens with one attached hydrogen (secondary N) is 1. The Kier molecular flexibility index (Phi) is 3.85. The van der Waals surface area contributed by atoms with Gasteiger partial charge in [0, 0.05) is 37.3 Å². The van der Waals surface area contributed by atoms with E-state index in [-0.39, 0.29) is 0 Å². The van der Waals surface area contributed by atoms with E-state index in [1.165, 1.54) is 34.0 Å². The zero-order chi connectivity index (χ0) is 15.0. The third-order valence-electron chi connectivity index (χ3n) is 4.14. The first-order valence-corrected chi connectivity index (χ1v) is 7.94. The molecule has 0 atom stereocenters. The highest BCUT2D eigenvalue weighted by molar-refractivity contribution is 5.46. The van der Waals surface area contributed by atoms with Crippen LogP contribution >= 0.6 is 0 Å². The van der Waals surface area contributed by atoms with Crippen molar-refractivity contribution in [1.29, 1.82) is 0 Å². The molecule has 1 N–H and O–H groups in total. The van der Waals surface area contributed by atoms with Gasteiger partial charge in [-0.1, -0.05) is 31.5 Å². The van der Waals surface area contributed by atoms with Crippen molar-refractivity contribution < 1.29 is 0 Å². The smallest absolute Gasteiger partial charge is 0.114 e. The molecule has 3 rings (SSSR count). The standard InChI is InChI=1S/C18H25N3/c1-12(2)9-18-20-15-11-19-8-7-17(15)21(18)16-6-5-13(3)10-14(16)4/h5-6,10,12,19H,7-9,11H2,1-4H3. The zero-order valence-electron chi connectivity index (χ0n) is 13.5. The average molecular weight is 283 g/mol. The number of rotatable bonds is 3. The van der Waals surface area contributed by atoms with Crippen LogP contribution in [0.2, 0.25) is 0 Å². The van der Waals surface area contributed by atoms with Gasteiger partial charge in [-0.05, 0) is 31.4 Å². The van der Waals surface area contributed by atoms with E-state index in [1.807, 2.05) is 0 Å². The second kappa shape index (κ2) is 5.64. The minimum absolute atomic E-state index is 0.617. The number of nitrogens with zero attached hydrogens (tertiary/aromatic N) is 2. The topological polar surface area (TPSA) is 29.9 Å². The first-order valence-electron chi connectivity index (χ1n) is 7.94. The van der Waals surface area contributed by atoms with Gasteiger partial charge in [0.25, 0.3) is 0 Å². The summed E-state index contributed by atoms with van der Waals surface area (Å²) in [6.45, 7) is 10.8. The Bertz CT molecular complexity index is 653. The van der Waals surface area contributed by atoms with Gasteiger partial charge >= 0.3 is 0 Å². The minimum Gasteiger partial charge on any atom is -0.311 e. The van der Waals surface area contributed by atoms with Crippen LogP contribution in [0.25, 0.3) is 5.69 Å². The minimum atomic E-state index is 0.617. The van der Waals surface area contributed by atoms with Crippen LogP contribution in [0.4, 0.5) is 0 Å². The molecule has 0 saturated heterocycles. The molecule has 0 unspecified atom stereocenters. The Morgan fingerprint density at radius 1 is 1.29 bits per heavy atom. The van der Waals surface area contributed by atoms with Crippen LogP contribution < -0.4 is 5.32 Å². The lowest BCUT2D eigenvalue weighted by Gasteiger charge is -2.18. The maximum Gasteiger partial charge on any atom is 0.114 e. The molecule has 2 heterocycles. The summed E-state index contributed by atoms with van der Waals surface area (Å²) in [5.74, 6) is 1.83. The molecule has 2 aromatic rings. The quantitative estimate of drug-likeness (QED) is 0.936. The molecular weight excluding hydrogens is 258 g/mol. The van der Waals surface area contributed by atoms with Crippen LogP contribution in [0.3, 0.4) is 0 Å². The van der Waals surface area contributed by atoms with Crippen LogP contribution in [0, 0.1) is 19.8 Å². The average Bonchev–Trinajstić information content (AvgIpc) is 2.76. The second-order valence-electron chi connectivity index (χ2n) is 6.57. The molecule has 3 heteroatoms. The Morgan fingerprint density at radius 2 is 2.10 bits per heavy atom. The van der Waals surface area contributed by atoms with E-state index in [0.29, 0.717) is 5.92 Å². The number of aryl methyl sites for hydroxylation is 2. The van der Waals surface area contributed by atoms with Crippen molar-refractivity contribution in [2.24, 2.45) is 5.92 Å². The molecule has 3 nitrogen and oxygen atoms in total. The monoisotopic (exact) mass is 283 g/mol. The predicted octanol–water partition coefficient (Wildman–Crippen LogP) is 3.33. The fourth-order valence-electron chi connectivity index (χ4n) is 3.21. The number of fused-ring (bicyclic) bond motifs is 1. The summed E-state index contributed by atoms with van der Waals surface area (Å²) in [6.07, 6.45) is 2.09. The molecule has 1 aliphatic heterocycles. The molecule has 0 amide bonds. The Hall–Kier alpha value is -1.61. The summed E-state index contributed by atoms with van der Waals surface area (Å²) in [6, 6.07) is 6.72. The van der Waals surface area contributed by atoms with Crippen LogP contribution in [0.15, 0.2) is 18.2 Å². The van der Waals surface area contributed by atoms with Crippen molar-refractivity contribution in [3.8, 4) is 5.69 Å². The first-order chi connectivity index (χ1) is 10.1. The highest BCUT2D eigenvalue weighted by Gasteiger charge is 2.21. The van der Waals surface area contributed by atoms with E-state index in [2.05, 4.69) is 55.8 Å². The summed E-state index contributed by atoms with van der Waals surface area (Å²) in [7, 11) is 0. The molecule has 1 aromatic heterocycles. The molecule has 21 heavy (non-hydrogen) atoms. The van der Waals surface area contributed by atoms with Gasteiger partial charge in [-0.3, -0.25) is 0 Å². The maximum absolute atomic E-state index is 4.93. The van der Waals surface area contributed by atoms with Gasteiger partial charge in [0.05, 0.1) is 5.69 Å². The first kappa shape index (κ1) is 14.3. The zero-order valence-corrected chi connectivity index (χ0v) is 13.5. The maximum atomic E-state index is 4.93. The largest absolute Gasteiger partial charge is 0.311 e. The van der Waals surface area contributed by atoms with Crippen LogP contribution in [0.5, 0.6) is 0 Å². The Morgan fingerprint density at radius 3 is 2.81 bits per heavy atom. The number of hydrogen-bond donors (Lipinski definition) is 1. The van der Waals surface area contributed by atoms with Crippen LogP contribution in [-0.2, 0) is 19.4 Å². The van der Waals surface area contributed by atoms with Crippen molar-refractivity contribution in [3.05, 3.63) is 46.5 Å². The van der Waals surface area contributed by atoms with Crippen LogP contribution in [-0.4, -0.2) is 16.1 Å². The van der Waals surface area contributed by atoms with Crippen LogP contribution in [0.1, 0.15) is 42.2 Å². The summed E-state index contributed by atoms with van der Waals surface area (Å²) in [4.78, 5) is 4.93. The number of aromatic nitrogens is 2. The van der Waals surface area contributed by atoms with E-state index in [9.17, 15) is 0 Å². The van der Waals surface area contributed by atoms with Crippen molar-refractivity contribution in [3.63, 3.8) is 0 Å². The predicted molar refractivity (Wildman–Crippen MR) is 87.0 cm³/mol. The third kappa shape index (κ3) is 2.75. The van der Waals surface area contributed by atoms with E-state index in [4.69, 9.17) is 4.98 Å². The fraction of sp³-hybridized carbons (Fsp3) is 0.500. The van der Waals surface area contributed by atoms with Gasteiger partial charge in [-0.25, -0.2) is 4.98 Å². The van der Waals surface area contributed by atoms with E-state index >= 15 is 0 Å². The lowest BCUT2D eigenvalue weighted by Crippen LogP contribution is -2.25. The normalized spacial score (nSPS) is 14.5. The second-order valence-corrected chi connectivity index (χ2v) is 6.57. The van der Waals surface area contributed by atoms with Crippen molar-refractivity contribution in [2.45, 2.75) is 47.1 Å². The molecule has 112 valence electrons. The van der Waals surface area contributed by atoms with Gasteiger partial charge in [-0.2, -0.15) is 0 Å². The molecule has 0 aliphatic carbocycles. The number of imidazole rings is 1. The number of benzene rings is 1. The molecule has 1 aliphatic rings. The van der Waals surface area contributed by atoms with Gasteiger partial charge in [0.2, 0.25) is 0 Å². The third-order valence-corrected chi connectivity index (χ3v) is 4.14. The molecule has 0 radical (unpaired) electrons.